The molecule has 4 nitrogen and oxygen atoms in total. The molecule has 3 aromatic rings. The van der Waals surface area contributed by atoms with Crippen molar-refractivity contribution in [1.29, 1.82) is 0 Å². The lowest BCUT2D eigenvalue weighted by atomic mass is 10.00. The summed E-state index contributed by atoms with van der Waals surface area (Å²) >= 11 is 1.72. The van der Waals surface area contributed by atoms with E-state index in [2.05, 4.69) is 27.3 Å². The fourth-order valence-electron chi connectivity index (χ4n) is 3.95. The van der Waals surface area contributed by atoms with Crippen molar-refractivity contribution < 1.29 is 4.79 Å². The number of aromatic nitrogens is 1. The van der Waals surface area contributed by atoms with Gasteiger partial charge in [0.1, 0.15) is 5.69 Å². The predicted molar refractivity (Wildman–Crippen MR) is 92.9 cm³/mol. The molecule has 0 spiro atoms. The van der Waals surface area contributed by atoms with Crippen molar-refractivity contribution in [1.82, 2.24) is 15.2 Å². The van der Waals surface area contributed by atoms with E-state index in [1.807, 2.05) is 24.4 Å². The van der Waals surface area contributed by atoms with Crippen LogP contribution in [0.4, 0.5) is 0 Å². The maximum absolute atomic E-state index is 12.6. The lowest BCUT2D eigenvalue weighted by Gasteiger charge is -2.22. The highest BCUT2D eigenvalue weighted by Gasteiger charge is 2.38. The molecule has 2 saturated heterocycles. The van der Waals surface area contributed by atoms with Gasteiger partial charge < -0.3 is 10.2 Å². The maximum atomic E-state index is 12.6. The number of amides is 1. The van der Waals surface area contributed by atoms with Gasteiger partial charge in [-0.1, -0.05) is 18.2 Å². The first-order valence-corrected chi connectivity index (χ1v) is 8.90. The van der Waals surface area contributed by atoms with E-state index in [-0.39, 0.29) is 11.9 Å². The molecule has 1 N–H and O–H groups in total. The molecule has 5 rings (SSSR count). The molecule has 0 aliphatic carbocycles. The molecule has 3 atom stereocenters. The fourth-order valence-corrected chi connectivity index (χ4v) is 5.00. The van der Waals surface area contributed by atoms with E-state index in [1.165, 1.54) is 23.1 Å². The standard InChI is InChI=1S/C18H17N3OS/c22-18(20-15-10-21-6-5-11(15)9-21)14-7-13-12-3-1-2-4-16(12)23-17(13)8-19-14/h1-4,7-8,11,15H,5-6,9-10H2,(H,20,22)/t11-,15?/m0/s1. The molecule has 2 aromatic heterocycles. The van der Waals surface area contributed by atoms with E-state index >= 15 is 0 Å². The molecule has 23 heavy (non-hydrogen) atoms. The minimum absolute atomic E-state index is 0.0408. The summed E-state index contributed by atoms with van der Waals surface area (Å²) in [4.78, 5) is 19.4. The zero-order valence-corrected chi connectivity index (χ0v) is 13.5. The number of carbonyl (C=O) groups excluding carboxylic acids is 1. The van der Waals surface area contributed by atoms with Crippen LogP contribution in [0.25, 0.3) is 20.2 Å². The molecular weight excluding hydrogens is 306 g/mol. The van der Waals surface area contributed by atoms with Crippen LogP contribution >= 0.6 is 11.3 Å². The number of fused-ring (bicyclic) bond motifs is 5. The summed E-state index contributed by atoms with van der Waals surface area (Å²) in [5, 5.41) is 5.52. The van der Waals surface area contributed by atoms with Crippen LogP contribution in [-0.4, -0.2) is 41.5 Å². The van der Waals surface area contributed by atoms with Gasteiger partial charge in [-0.3, -0.25) is 4.79 Å². The molecule has 1 amide bonds. The lowest BCUT2D eigenvalue weighted by Crippen LogP contribution is -2.43. The van der Waals surface area contributed by atoms with Crippen LogP contribution in [0, 0.1) is 5.92 Å². The normalized spacial score (nSPS) is 26.2. The zero-order chi connectivity index (χ0) is 15.4. The predicted octanol–water partition coefficient (Wildman–Crippen LogP) is 2.88. The SMILES string of the molecule is O=C(NC1CN2CC[C@H]1C2)c1cc2c(cn1)sc1ccccc12. The zero-order valence-electron chi connectivity index (χ0n) is 12.7. The van der Waals surface area contributed by atoms with Crippen LogP contribution in [0.2, 0.25) is 0 Å². The number of hydrogen-bond acceptors (Lipinski definition) is 4. The van der Waals surface area contributed by atoms with E-state index in [0.29, 0.717) is 11.6 Å². The molecule has 2 bridgehead atoms. The number of pyridine rings is 1. The average molecular weight is 323 g/mol. The van der Waals surface area contributed by atoms with Crippen molar-refractivity contribution in [2.24, 2.45) is 5.92 Å². The number of benzene rings is 1. The van der Waals surface area contributed by atoms with Crippen LogP contribution in [0.1, 0.15) is 16.9 Å². The van der Waals surface area contributed by atoms with Crippen molar-refractivity contribution in [2.75, 3.05) is 19.6 Å². The van der Waals surface area contributed by atoms with E-state index in [0.717, 1.165) is 23.2 Å². The monoisotopic (exact) mass is 323 g/mol. The molecule has 0 radical (unpaired) electrons. The van der Waals surface area contributed by atoms with Crippen LogP contribution in [0.15, 0.2) is 36.5 Å². The Morgan fingerprint density at radius 3 is 2.96 bits per heavy atom. The van der Waals surface area contributed by atoms with Gasteiger partial charge in [0.25, 0.3) is 5.91 Å². The number of hydrogen-bond donors (Lipinski definition) is 1. The van der Waals surface area contributed by atoms with Crippen molar-refractivity contribution in [3.8, 4) is 0 Å². The summed E-state index contributed by atoms with van der Waals surface area (Å²) in [6.07, 6.45) is 3.03. The summed E-state index contributed by atoms with van der Waals surface area (Å²) in [6, 6.07) is 10.5. The van der Waals surface area contributed by atoms with Gasteiger partial charge in [0.05, 0.1) is 4.70 Å². The average Bonchev–Trinajstić information content (AvgIpc) is 3.27. The van der Waals surface area contributed by atoms with Gasteiger partial charge in [-0.2, -0.15) is 0 Å². The fraction of sp³-hybridized carbons (Fsp3) is 0.333. The van der Waals surface area contributed by atoms with Crippen LogP contribution in [0.5, 0.6) is 0 Å². The number of thiophene rings is 1. The summed E-state index contributed by atoms with van der Waals surface area (Å²) in [5.41, 5.74) is 0.527. The Kier molecular flexibility index (Phi) is 2.93. The van der Waals surface area contributed by atoms with Crippen LogP contribution in [-0.2, 0) is 0 Å². The first-order chi connectivity index (χ1) is 11.3. The molecule has 2 aliphatic heterocycles. The Morgan fingerprint density at radius 1 is 1.22 bits per heavy atom. The van der Waals surface area contributed by atoms with E-state index in [9.17, 15) is 4.79 Å². The summed E-state index contributed by atoms with van der Waals surface area (Å²) < 4.78 is 2.37. The summed E-state index contributed by atoms with van der Waals surface area (Å²) in [6.45, 7) is 3.30. The maximum Gasteiger partial charge on any atom is 0.270 e. The molecule has 0 saturated carbocycles. The van der Waals surface area contributed by atoms with Gasteiger partial charge in [0.15, 0.2) is 0 Å². The highest BCUT2D eigenvalue weighted by Crippen LogP contribution is 2.33. The van der Waals surface area contributed by atoms with Crippen LogP contribution in [0.3, 0.4) is 0 Å². The summed E-state index contributed by atoms with van der Waals surface area (Å²) in [5.74, 6) is 0.575. The second-order valence-electron chi connectivity index (χ2n) is 6.55. The van der Waals surface area contributed by atoms with Crippen molar-refractivity contribution >= 4 is 37.4 Å². The first-order valence-electron chi connectivity index (χ1n) is 8.08. The highest BCUT2D eigenvalue weighted by molar-refractivity contribution is 7.25. The third kappa shape index (κ3) is 2.15. The second kappa shape index (κ2) is 5.01. The van der Waals surface area contributed by atoms with Gasteiger partial charge >= 0.3 is 0 Å². The Morgan fingerprint density at radius 2 is 2.13 bits per heavy atom. The topological polar surface area (TPSA) is 45.2 Å². The smallest absolute Gasteiger partial charge is 0.270 e. The number of nitrogens with zero attached hydrogens (tertiary/aromatic N) is 2. The second-order valence-corrected chi connectivity index (χ2v) is 7.64. The molecule has 1 aromatic carbocycles. The highest BCUT2D eigenvalue weighted by atomic mass is 32.1. The number of rotatable bonds is 2. The Labute approximate surface area is 138 Å². The first kappa shape index (κ1) is 13.5. The molecule has 2 aliphatic rings. The molecule has 4 heterocycles. The van der Waals surface area contributed by atoms with Gasteiger partial charge in [-0.25, -0.2) is 4.98 Å². The van der Waals surface area contributed by atoms with Crippen molar-refractivity contribution in [2.45, 2.75) is 12.5 Å². The van der Waals surface area contributed by atoms with Crippen molar-refractivity contribution in [3.63, 3.8) is 0 Å². The molecule has 2 unspecified atom stereocenters. The van der Waals surface area contributed by atoms with Gasteiger partial charge in [-0.15, -0.1) is 11.3 Å². The quantitative estimate of drug-likeness (QED) is 0.789. The third-order valence-corrected chi connectivity index (χ3v) is 6.27. The minimum atomic E-state index is -0.0408. The summed E-state index contributed by atoms with van der Waals surface area (Å²) in [7, 11) is 0. The minimum Gasteiger partial charge on any atom is -0.346 e. The Bertz CT molecular complexity index is 919. The molecule has 116 valence electrons. The number of carbonyl (C=O) groups is 1. The van der Waals surface area contributed by atoms with Crippen molar-refractivity contribution in [3.05, 3.63) is 42.2 Å². The van der Waals surface area contributed by atoms with Gasteiger partial charge in [0, 0.05) is 40.8 Å². The molecule has 2 fully saturated rings. The van der Waals surface area contributed by atoms with E-state index < -0.39 is 0 Å². The largest absolute Gasteiger partial charge is 0.346 e. The van der Waals surface area contributed by atoms with Crippen LogP contribution < -0.4 is 5.32 Å². The van der Waals surface area contributed by atoms with E-state index in [4.69, 9.17) is 0 Å². The Balaban J connectivity index is 1.47. The Hall–Kier alpha value is -1.98. The molecule has 5 heteroatoms. The van der Waals surface area contributed by atoms with Gasteiger partial charge in [0.2, 0.25) is 0 Å². The molecular formula is C18H17N3OS. The van der Waals surface area contributed by atoms with E-state index in [1.54, 1.807) is 11.3 Å². The van der Waals surface area contributed by atoms with Gasteiger partial charge in [-0.05, 0) is 31.0 Å². The third-order valence-electron chi connectivity index (χ3n) is 5.15. The number of piperidine rings is 1. The number of nitrogens with one attached hydrogen (secondary N) is 1. The lowest BCUT2D eigenvalue weighted by molar-refractivity contribution is 0.0919.